The molecule has 0 aliphatic heterocycles. The van der Waals surface area contributed by atoms with Crippen LogP contribution in [-0.2, 0) is 4.79 Å². The Morgan fingerprint density at radius 1 is 1.71 bits per heavy atom. The van der Waals surface area contributed by atoms with Crippen molar-refractivity contribution >= 4 is 44.8 Å². The second-order valence-corrected chi connectivity index (χ2v) is 7.36. The summed E-state index contributed by atoms with van der Waals surface area (Å²) in [7, 11) is 0. The molecule has 96 valence electrons. The zero-order valence-electron chi connectivity index (χ0n) is 9.67. The third kappa shape index (κ3) is 4.58. The van der Waals surface area contributed by atoms with Crippen molar-refractivity contribution in [3.05, 3.63) is 19.8 Å². The number of hydrogen-bond donors (Lipinski definition) is 2. The van der Waals surface area contributed by atoms with Crippen molar-refractivity contribution in [2.75, 3.05) is 0 Å². The molecule has 0 saturated carbocycles. The quantitative estimate of drug-likeness (QED) is 0.849. The highest BCUT2D eigenvalue weighted by molar-refractivity contribution is 9.10. The average molecular weight is 341 g/mol. The third-order valence-corrected chi connectivity index (χ3v) is 5.04. The standard InChI is InChI=1S/C11H15BrClNO2S/c1-11(2,5-9(15)16)4-7(14)8-3-6(12)10(13)17-8/h3,7H,4-5,14H2,1-2H3,(H,15,16). The van der Waals surface area contributed by atoms with Crippen molar-refractivity contribution in [2.45, 2.75) is 32.7 Å². The van der Waals surface area contributed by atoms with Crippen LogP contribution in [-0.4, -0.2) is 11.1 Å². The summed E-state index contributed by atoms with van der Waals surface area (Å²) >= 11 is 10.7. The van der Waals surface area contributed by atoms with E-state index in [1.807, 2.05) is 19.9 Å². The molecular weight excluding hydrogens is 326 g/mol. The van der Waals surface area contributed by atoms with Gasteiger partial charge in [-0.25, -0.2) is 0 Å². The maximum atomic E-state index is 10.7. The summed E-state index contributed by atoms with van der Waals surface area (Å²) in [6, 6.07) is 1.72. The first-order chi connectivity index (χ1) is 7.71. The molecule has 1 atom stereocenters. The van der Waals surface area contributed by atoms with Gasteiger partial charge in [-0.15, -0.1) is 11.3 Å². The molecule has 0 bridgehead atoms. The van der Waals surface area contributed by atoms with Crippen LogP contribution in [0.2, 0.25) is 4.34 Å². The maximum Gasteiger partial charge on any atom is 0.303 e. The fraction of sp³-hybridized carbons (Fsp3) is 0.545. The van der Waals surface area contributed by atoms with Crippen LogP contribution in [0.3, 0.4) is 0 Å². The summed E-state index contributed by atoms with van der Waals surface area (Å²) in [4.78, 5) is 11.7. The Kier molecular flexibility index (Phi) is 5.01. The first-order valence-electron chi connectivity index (χ1n) is 5.13. The minimum Gasteiger partial charge on any atom is -0.481 e. The number of hydrogen-bond acceptors (Lipinski definition) is 3. The van der Waals surface area contributed by atoms with Gasteiger partial charge in [0.2, 0.25) is 0 Å². The van der Waals surface area contributed by atoms with E-state index in [-0.39, 0.29) is 17.9 Å². The predicted octanol–water partition coefficient (Wildman–Crippen LogP) is 4.05. The lowest BCUT2D eigenvalue weighted by Crippen LogP contribution is -2.23. The van der Waals surface area contributed by atoms with Gasteiger partial charge in [-0.2, -0.15) is 0 Å². The number of aliphatic carboxylic acids is 1. The van der Waals surface area contributed by atoms with Gasteiger partial charge >= 0.3 is 5.97 Å². The van der Waals surface area contributed by atoms with E-state index < -0.39 is 5.97 Å². The summed E-state index contributed by atoms with van der Waals surface area (Å²) in [5, 5.41) is 8.81. The van der Waals surface area contributed by atoms with Crippen LogP contribution in [0.1, 0.15) is 37.6 Å². The lowest BCUT2D eigenvalue weighted by atomic mass is 9.82. The van der Waals surface area contributed by atoms with E-state index in [1.54, 1.807) is 0 Å². The molecule has 1 rings (SSSR count). The highest BCUT2D eigenvalue weighted by Crippen LogP contribution is 2.39. The Bertz CT molecular complexity index is 400. The molecule has 6 heteroatoms. The zero-order chi connectivity index (χ0) is 13.2. The van der Waals surface area contributed by atoms with Gasteiger partial charge in [-0.1, -0.05) is 25.4 Å². The molecule has 0 aliphatic rings. The summed E-state index contributed by atoms with van der Waals surface area (Å²) in [6.07, 6.45) is 0.726. The normalized spacial score (nSPS) is 13.7. The first-order valence-corrected chi connectivity index (χ1v) is 7.12. The van der Waals surface area contributed by atoms with Crippen LogP contribution in [0, 0.1) is 5.41 Å². The lowest BCUT2D eigenvalue weighted by molar-refractivity contribution is -0.139. The van der Waals surface area contributed by atoms with E-state index in [0.717, 1.165) is 9.35 Å². The minimum atomic E-state index is -0.799. The van der Waals surface area contributed by atoms with Gasteiger partial charge in [0.15, 0.2) is 0 Å². The Balaban J connectivity index is 2.71. The Morgan fingerprint density at radius 2 is 2.29 bits per heavy atom. The first kappa shape index (κ1) is 15.0. The molecule has 1 heterocycles. The molecule has 17 heavy (non-hydrogen) atoms. The number of rotatable bonds is 5. The molecule has 0 amide bonds. The zero-order valence-corrected chi connectivity index (χ0v) is 12.8. The predicted molar refractivity (Wildman–Crippen MR) is 74.6 cm³/mol. The summed E-state index contributed by atoms with van der Waals surface area (Å²) in [6.45, 7) is 3.82. The number of nitrogens with two attached hydrogens (primary N) is 1. The van der Waals surface area contributed by atoms with Gasteiger partial charge < -0.3 is 10.8 Å². The van der Waals surface area contributed by atoms with Crippen LogP contribution in [0.25, 0.3) is 0 Å². The van der Waals surface area contributed by atoms with Gasteiger partial charge in [0, 0.05) is 15.4 Å². The molecule has 1 aromatic heterocycles. The number of carbonyl (C=O) groups is 1. The van der Waals surface area contributed by atoms with Crippen molar-refractivity contribution in [3.8, 4) is 0 Å². The van der Waals surface area contributed by atoms with Crippen molar-refractivity contribution in [3.63, 3.8) is 0 Å². The number of carboxylic acid groups (broad SMARTS) is 1. The Labute approximate surface area is 118 Å². The summed E-state index contributed by atoms with van der Waals surface area (Å²) in [5.74, 6) is -0.799. The largest absolute Gasteiger partial charge is 0.481 e. The summed E-state index contributed by atoms with van der Waals surface area (Å²) < 4.78 is 1.51. The van der Waals surface area contributed by atoms with Crippen LogP contribution in [0.5, 0.6) is 0 Å². The molecule has 0 saturated heterocycles. The number of halogens is 2. The molecule has 0 radical (unpaired) electrons. The average Bonchev–Trinajstić information content (AvgIpc) is 2.43. The van der Waals surface area contributed by atoms with Gasteiger partial charge in [0.05, 0.1) is 6.42 Å². The van der Waals surface area contributed by atoms with Gasteiger partial charge in [-0.05, 0) is 33.8 Å². The molecule has 3 N–H and O–H groups in total. The van der Waals surface area contributed by atoms with E-state index >= 15 is 0 Å². The van der Waals surface area contributed by atoms with Crippen LogP contribution in [0.4, 0.5) is 0 Å². The third-order valence-electron chi connectivity index (χ3n) is 2.43. The number of carboxylic acids is 1. The monoisotopic (exact) mass is 339 g/mol. The molecule has 1 aromatic rings. The van der Waals surface area contributed by atoms with E-state index in [4.69, 9.17) is 22.4 Å². The molecule has 0 aliphatic carbocycles. The van der Waals surface area contributed by atoms with Crippen molar-refractivity contribution in [2.24, 2.45) is 11.1 Å². The molecule has 0 spiro atoms. The van der Waals surface area contributed by atoms with E-state index in [9.17, 15) is 4.79 Å². The van der Waals surface area contributed by atoms with E-state index in [2.05, 4.69) is 15.9 Å². The molecule has 1 unspecified atom stereocenters. The van der Waals surface area contributed by atoms with Crippen LogP contribution in [0.15, 0.2) is 10.5 Å². The molecule has 3 nitrogen and oxygen atoms in total. The van der Waals surface area contributed by atoms with Crippen LogP contribution >= 0.6 is 38.9 Å². The fourth-order valence-corrected chi connectivity index (χ4v) is 3.46. The smallest absolute Gasteiger partial charge is 0.303 e. The number of thiophene rings is 1. The highest BCUT2D eigenvalue weighted by Gasteiger charge is 2.26. The Hall–Kier alpha value is -0.100. The van der Waals surface area contributed by atoms with Gasteiger partial charge in [0.25, 0.3) is 0 Å². The molecule has 0 fully saturated rings. The van der Waals surface area contributed by atoms with Crippen LogP contribution < -0.4 is 5.73 Å². The van der Waals surface area contributed by atoms with E-state index in [1.165, 1.54) is 11.3 Å². The Morgan fingerprint density at radius 3 is 2.71 bits per heavy atom. The minimum absolute atomic E-state index is 0.112. The van der Waals surface area contributed by atoms with Gasteiger partial charge in [-0.3, -0.25) is 4.79 Å². The summed E-state index contributed by atoms with van der Waals surface area (Å²) in [5.41, 5.74) is 5.75. The highest BCUT2D eigenvalue weighted by atomic mass is 79.9. The van der Waals surface area contributed by atoms with Crippen molar-refractivity contribution in [1.82, 2.24) is 0 Å². The van der Waals surface area contributed by atoms with Gasteiger partial charge in [0.1, 0.15) is 4.34 Å². The second-order valence-electron chi connectivity index (χ2n) is 4.82. The van der Waals surface area contributed by atoms with E-state index in [0.29, 0.717) is 10.8 Å². The molecule has 0 aromatic carbocycles. The maximum absolute atomic E-state index is 10.7. The second kappa shape index (κ2) is 5.69. The van der Waals surface area contributed by atoms with Crippen molar-refractivity contribution in [1.29, 1.82) is 0 Å². The molecular formula is C11H15BrClNO2S. The topological polar surface area (TPSA) is 63.3 Å². The van der Waals surface area contributed by atoms with Crippen molar-refractivity contribution < 1.29 is 9.90 Å². The SMILES string of the molecule is CC(C)(CC(=O)O)CC(N)c1cc(Br)c(Cl)s1. The fourth-order valence-electron chi connectivity index (χ4n) is 1.72. The lowest BCUT2D eigenvalue weighted by Gasteiger charge is -2.25.